The number of nitrogens with one attached hydrogen (secondary N) is 2. The summed E-state index contributed by atoms with van der Waals surface area (Å²) < 4.78 is 4.92. The number of nitrogens with zero attached hydrogens (tertiary/aromatic N) is 2. The second-order valence-corrected chi connectivity index (χ2v) is 10.4. The van der Waals surface area contributed by atoms with Crippen molar-refractivity contribution in [1.82, 2.24) is 20.4 Å². The number of esters is 1. The van der Waals surface area contributed by atoms with E-state index in [1.807, 2.05) is 0 Å². The van der Waals surface area contributed by atoms with Crippen LogP contribution in [0.1, 0.15) is 28.9 Å². The van der Waals surface area contributed by atoms with Crippen LogP contribution in [0.4, 0.5) is 4.79 Å². The summed E-state index contributed by atoms with van der Waals surface area (Å²) in [5, 5.41) is 33.2. The highest BCUT2D eigenvalue weighted by molar-refractivity contribution is 8.00. The number of hydrogen-bond acceptors (Lipinski definition) is 10. The van der Waals surface area contributed by atoms with E-state index in [2.05, 4.69) is 10.6 Å². The minimum Gasteiger partial charge on any atom is -0.504 e. The molecule has 0 radical (unpaired) electrons. The van der Waals surface area contributed by atoms with E-state index >= 15 is 0 Å². The van der Waals surface area contributed by atoms with E-state index in [1.165, 1.54) is 24.8 Å². The number of aromatic hydroxyl groups is 2. The molecule has 1 saturated heterocycles. The molecule has 0 aliphatic carbocycles. The molecule has 2 aromatic carbocycles. The van der Waals surface area contributed by atoms with Crippen molar-refractivity contribution in [3.05, 3.63) is 70.9 Å². The van der Waals surface area contributed by atoms with E-state index in [4.69, 9.17) is 4.74 Å². The predicted octanol–water partition coefficient (Wildman–Crippen LogP) is 0.922. The van der Waals surface area contributed by atoms with Crippen LogP contribution in [-0.4, -0.2) is 91.6 Å². The molecule has 15 heteroatoms. The number of amides is 5. The van der Waals surface area contributed by atoms with E-state index in [1.54, 1.807) is 30.3 Å². The minimum absolute atomic E-state index is 0.103. The Labute approximate surface area is 242 Å². The average Bonchev–Trinajstić information content (AvgIpc) is 2.97. The third-order valence-corrected chi connectivity index (χ3v) is 7.83. The molecule has 1 fully saturated rings. The number of β-lactam (4-membered cyclic amide) rings is 1. The topological polar surface area (TPSA) is 203 Å². The molecule has 42 heavy (non-hydrogen) atoms. The van der Waals surface area contributed by atoms with Gasteiger partial charge in [0.15, 0.2) is 11.5 Å². The largest absolute Gasteiger partial charge is 0.504 e. The maximum atomic E-state index is 13.4. The van der Waals surface area contributed by atoms with Gasteiger partial charge >= 0.3 is 18.0 Å². The number of phenolic OH excluding ortho intramolecular Hbond substituents is 2. The van der Waals surface area contributed by atoms with Crippen molar-refractivity contribution >= 4 is 47.5 Å². The molecule has 0 bridgehead atoms. The molecule has 2 aromatic rings. The van der Waals surface area contributed by atoms with Crippen LogP contribution in [0.2, 0.25) is 0 Å². The Balaban J connectivity index is 1.51. The highest BCUT2D eigenvalue weighted by Crippen LogP contribution is 2.40. The zero-order chi connectivity index (χ0) is 30.7. The summed E-state index contributed by atoms with van der Waals surface area (Å²) in [6.45, 7) is 0.879. The van der Waals surface area contributed by atoms with Crippen LogP contribution in [0.25, 0.3) is 0 Å². The zero-order valence-corrected chi connectivity index (χ0v) is 23.1. The highest BCUT2D eigenvalue weighted by atomic mass is 32.2. The molecule has 2 aliphatic heterocycles. The Morgan fingerprint density at radius 2 is 1.79 bits per heavy atom. The standard InChI is InChI=1S/C27H26N4O10S/c1-13(32)41-11-16-12-42-25-20(24(37)31(25)21(16)26(38)39)28-22(35)19(14-6-4-3-5-7-14)29-27(40)30(2)23(36)15-8-9-17(33)18(34)10-15/h3-10,19-20,25,33-34H,11-12H2,1-2H3,(H,28,35)(H,29,40)(H,38,39)/t19?,20?,25-/m0/s1. The van der Waals surface area contributed by atoms with Gasteiger partial charge in [0.2, 0.25) is 5.91 Å². The lowest BCUT2D eigenvalue weighted by Crippen LogP contribution is -2.71. The van der Waals surface area contributed by atoms with Gasteiger partial charge in [0, 0.05) is 30.9 Å². The molecule has 0 aromatic heterocycles. The Hall–Kier alpha value is -5.05. The van der Waals surface area contributed by atoms with E-state index in [-0.39, 0.29) is 29.2 Å². The van der Waals surface area contributed by atoms with Crippen molar-refractivity contribution in [3.63, 3.8) is 0 Å². The number of imide groups is 1. The number of fused-ring (bicyclic) bond motifs is 1. The molecule has 2 unspecified atom stereocenters. The first kappa shape index (κ1) is 29.9. The number of carbonyl (C=O) groups excluding carboxylic acids is 5. The fourth-order valence-electron chi connectivity index (χ4n) is 4.33. The summed E-state index contributed by atoms with van der Waals surface area (Å²) >= 11 is 1.18. The van der Waals surface area contributed by atoms with Crippen LogP contribution in [-0.2, 0) is 23.9 Å². The number of urea groups is 1. The van der Waals surface area contributed by atoms with Gasteiger partial charge in [-0.1, -0.05) is 30.3 Å². The number of carboxylic acids is 1. The van der Waals surface area contributed by atoms with Gasteiger partial charge in [-0.3, -0.25) is 29.0 Å². The molecule has 0 saturated carbocycles. The molecular formula is C27H26N4O10S. The SMILES string of the molecule is CC(=O)OCC1=C(C(=O)O)N2C(=O)C(NC(=O)C(NC(=O)N(C)C(=O)c3ccc(O)c(O)c3)c3ccccc3)[C@@H]2SC1. The average molecular weight is 599 g/mol. The van der Waals surface area contributed by atoms with Crippen molar-refractivity contribution in [1.29, 1.82) is 0 Å². The number of rotatable bonds is 8. The fourth-order valence-corrected chi connectivity index (χ4v) is 5.66. The molecule has 3 atom stereocenters. The summed E-state index contributed by atoms with van der Waals surface area (Å²) in [4.78, 5) is 77.2. The van der Waals surface area contributed by atoms with E-state index in [0.717, 1.165) is 24.1 Å². The van der Waals surface area contributed by atoms with Gasteiger partial charge < -0.3 is 30.7 Å². The second-order valence-electron chi connectivity index (χ2n) is 9.29. The lowest BCUT2D eigenvalue weighted by Gasteiger charge is -2.49. The third-order valence-electron chi connectivity index (χ3n) is 6.49. The number of aliphatic carboxylic acids is 1. The Morgan fingerprint density at radius 1 is 1.10 bits per heavy atom. The molecule has 0 spiro atoms. The van der Waals surface area contributed by atoms with E-state index in [0.29, 0.717) is 10.5 Å². The van der Waals surface area contributed by atoms with Gasteiger partial charge in [-0.25, -0.2) is 9.59 Å². The predicted molar refractivity (Wildman–Crippen MR) is 146 cm³/mol. The van der Waals surface area contributed by atoms with Crippen molar-refractivity contribution in [2.75, 3.05) is 19.4 Å². The van der Waals surface area contributed by atoms with Gasteiger partial charge in [-0.05, 0) is 23.8 Å². The summed E-state index contributed by atoms with van der Waals surface area (Å²) in [6.07, 6.45) is 0. The van der Waals surface area contributed by atoms with Crippen molar-refractivity contribution in [2.45, 2.75) is 24.4 Å². The molecule has 220 valence electrons. The second kappa shape index (κ2) is 12.2. The Bertz CT molecular complexity index is 1490. The zero-order valence-electron chi connectivity index (χ0n) is 22.3. The maximum absolute atomic E-state index is 13.4. The van der Waals surface area contributed by atoms with Crippen LogP contribution >= 0.6 is 11.8 Å². The van der Waals surface area contributed by atoms with Crippen LogP contribution < -0.4 is 10.6 Å². The number of hydrogen-bond donors (Lipinski definition) is 5. The van der Waals surface area contributed by atoms with Gasteiger partial charge in [0.1, 0.15) is 29.8 Å². The molecule has 14 nitrogen and oxygen atoms in total. The van der Waals surface area contributed by atoms with E-state index in [9.17, 15) is 44.1 Å². The smallest absolute Gasteiger partial charge is 0.352 e. The van der Waals surface area contributed by atoms with Crippen molar-refractivity contribution in [2.24, 2.45) is 0 Å². The highest BCUT2D eigenvalue weighted by Gasteiger charge is 2.54. The number of carboxylic acid groups (broad SMARTS) is 1. The van der Waals surface area contributed by atoms with Gasteiger partial charge in [0.25, 0.3) is 11.8 Å². The maximum Gasteiger partial charge on any atom is 0.352 e. The Morgan fingerprint density at radius 3 is 2.40 bits per heavy atom. The first-order valence-corrected chi connectivity index (χ1v) is 13.4. The fraction of sp³-hybridized carbons (Fsp3) is 0.259. The molecule has 4 rings (SSSR count). The van der Waals surface area contributed by atoms with Crippen LogP contribution in [0.3, 0.4) is 0 Å². The monoisotopic (exact) mass is 598 g/mol. The van der Waals surface area contributed by atoms with Gasteiger partial charge in [0.05, 0.1) is 0 Å². The molecule has 5 N–H and O–H groups in total. The first-order valence-electron chi connectivity index (χ1n) is 12.4. The minimum atomic E-state index is -1.38. The van der Waals surface area contributed by atoms with Gasteiger partial charge in [-0.2, -0.15) is 0 Å². The summed E-state index contributed by atoms with van der Waals surface area (Å²) in [5.74, 6) is -5.20. The first-order chi connectivity index (χ1) is 19.9. The van der Waals surface area contributed by atoms with Crippen LogP contribution in [0.5, 0.6) is 11.5 Å². The molecule has 5 amide bonds. The molecular weight excluding hydrogens is 572 g/mol. The number of ether oxygens (including phenoxy) is 1. The Kier molecular flexibility index (Phi) is 8.70. The number of phenols is 2. The van der Waals surface area contributed by atoms with E-state index < -0.39 is 64.6 Å². The quantitative estimate of drug-likeness (QED) is 0.164. The van der Waals surface area contributed by atoms with Crippen molar-refractivity contribution in [3.8, 4) is 11.5 Å². The van der Waals surface area contributed by atoms with Crippen molar-refractivity contribution < 1.29 is 48.8 Å². The molecule has 2 aliphatic rings. The number of benzene rings is 2. The van der Waals surface area contributed by atoms with Gasteiger partial charge in [-0.15, -0.1) is 11.8 Å². The number of carbonyl (C=O) groups is 6. The lowest BCUT2D eigenvalue weighted by molar-refractivity contribution is -0.151. The molecule has 2 heterocycles. The van der Waals surface area contributed by atoms with Crippen LogP contribution in [0.15, 0.2) is 59.8 Å². The summed E-state index contributed by atoms with van der Waals surface area (Å²) in [6, 6.07) is 7.87. The van der Waals surface area contributed by atoms with Crippen LogP contribution in [0, 0.1) is 0 Å². The normalized spacial score (nSPS) is 18.2. The third kappa shape index (κ3) is 6.00. The number of thioether (sulfide) groups is 1. The summed E-state index contributed by atoms with van der Waals surface area (Å²) in [5.41, 5.74) is 0.152. The lowest BCUT2D eigenvalue weighted by atomic mass is 10.0. The summed E-state index contributed by atoms with van der Waals surface area (Å²) in [7, 11) is 1.15.